The molecule has 34 heavy (non-hydrogen) atoms. The molecule has 0 atom stereocenters. The van der Waals surface area contributed by atoms with Gasteiger partial charge in [0.2, 0.25) is 10.0 Å². The van der Waals surface area contributed by atoms with Crippen LogP contribution in [0.15, 0.2) is 71.6 Å². The summed E-state index contributed by atoms with van der Waals surface area (Å²) in [4.78, 5) is 12.0. The SMILES string of the molecule is O=C(COc1ccc(S(=O)(=O)NCc2ccccc2)cc1Cl)Nc1ccc(Cl)cc1C(F)(F)F. The van der Waals surface area contributed by atoms with E-state index in [1.807, 2.05) is 6.07 Å². The Morgan fingerprint density at radius 3 is 2.32 bits per heavy atom. The number of carbonyl (C=O) groups is 1. The van der Waals surface area contributed by atoms with Gasteiger partial charge in [0.1, 0.15) is 5.75 Å². The molecule has 3 rings (SSSR count). The van der Waals surface area contributed by atoms with E-state index in [4.69, 9.17) is 27.9 Å². The van der Waals surface area contributed by atoms with Crippen molar-refractivity contribution in [2.24, 2.45) is 0 Å². The van der Waals surface area contributed by atoms with Crippen LogP contribution in [0.5, 0.6) is 5.75 Å². The van der Waals surface area contributed by atoms with E-state index in [0.29, 0.717) is 6.07 Å². The van der Waals surface area contributed by atoms with Gasteiger partial charge in [0.15, 0.2) is 6.61 Å². The van der Waals surface area contributed by atoms with Crippen LogP contribution in [0, 0.1) is 0 Å². The standard InChI is InChI=1S/C22H17Cl2F3N2O4S/c23-15-6-8-19(17(10-15)22(25,26)27)29-21(30)13-33-20-9-7-16(11-18(20)24)34(31,32)28-12-14-4-2-1-3-5-14/h1-11,28H,12-13H2,(H,29,30). The molecule has 12 heteroatoms. The lowest BCUT2D eigenvalue weighted by Gasteiger charge is -2.15. The fourth-order valence-corrected chi connectivity index (χ4v) is 4.33. The zero-order valence-corrected chi connectivity index (χ0v) is 19.5. The molecule has 0 fully saturated rings. The summed E-state index contributed by atoms with van der Waals surface area (Å²) in [5.41, 5.74) is -0.830. The lowest BCUT2D eigenvalue weighted by atomic mass is 10.1. The van der Waals surface area contributed by atoms with Crippen LogP contribution in [-0.4, -0.2) is 20.9 Å². The van der Waals surface area contributed by atoms with Crippen LogP contribution in [-0.2, 0) is 27.5 Å². The van der Waals surface area contributed by atoms with Crippen molar-refractivity contribution in [3.8, 4) is 5.75 Å². The molecule has 3 aromatic rings. The van der Waals surface area contributed by atoms with Gasteiger partial charge >= 0.3 is 6.18 Å². The Hall–Kier alpha value is -2.79. The summed E-state index contributed by atoms with van der Waals surface area (Å²) in [6.07, 6.45) is -4.73. The maximum atomic E-state index is 13.2. The van der Waals surface area contributed by atoms with E-state index >= 15 is 0 Å². The van der Waals surface area contributed by atoms with E-state index < -0.39 is 40.0 Å². The molecule has 0 saturated heterocycles. The zero-order valence-electron chi connectivity index (χ0n) is 17.2. The molecule has 0 bridgehead atoms. The highest BCUT2D eigenvalue weighted by atomic mass is 35.5. The fourth-order valence-electron chi connectivity index (χ4n) is 2.81. The lowest BCUT2D eigenvalue weighted by Crippen LogP contribution is -2.23. The second-order valence-electron chi connectivity index (χ2n) is 6.93. The van der Waals surface area contributed by atoms with Crippen molar-refractivity contribution in [3.05, 3.63) is 87.9 Å². The zero-order chi connectivity index (χ0) is 24.9. The number of carbonyl (C=O) groups excluding carboxylic acids is 1. The van der Waals surface area contributed by atoms with Crippen LogP contribution in [0.1, 0.15) is 11.1 Å². The van der Waals surface area contributed by atoms with E-state index in [9.17, 15) is 26.4 Å². The number of hydrogen-bond donors (Lipinski definition) is 2. The van der Waals surface area contributed by atoms with Crippen LogP contribution in [0.2, 0.25) is 10.0 Å². The third-order valence-electron chi connectivity index (χ3n) is 4.44. The number of halogens is 5. The molecular weight excluding hydrogens is 516 g/mol. The second kappa shape index (κ2) is 10.6. The average molecular weight is 533 g/mol. The van der Waals surface area contributed by atoms with Gasteiger partial charge in [-0.2, -0.15) is 13.2 Å². The van der Waals surface area contributed by atoms with Crippen LogP contribution >= 0.6 is 23.2 Å². The number of nitrogens with one attached hydrogen (secondary N) is 2. The maximum Gasteiger partial charge on any atom is 0.418 e. The summed E-state index contributed by atoms with van der Waals surface area (Å²) in [6.45, 7) is -0.595. The minimum Gasteiger partial charge on any atom is -0.482 e. The van der Waals surface area contributed by atoms with Crippen molar-refractivity contribution in [1.29, 1.82) is 0 Å². The molecular formula is C22H17Cl2F3N2O4S. The molecule has 0 saturated carbocycles. The molecule has 0 unspecified atom stereocenters. The molecule has 1 amide bonds. The predicted octanol–water partition coefficient (Wildman–Crippen LogP) is 5.51. The highest BCUT2D eigenvalue weighted by molar-refractivity contribution is 7.89. The van der Waals surface area contributed by atoms with E-state index in [1.54, 1.807) is 24.3 Å². The van der Waals surface area contributed by atoms with Crippen LogP contribution < -0.4 is 14.8 Å². The summed E-state index contributed by atoms with van der Waals surface area (Å²) in [5, 5.41) is 1.87. The second-order valence-corrected chi connectivity index (χ2v) is 9.54. The first-order valence-corrected chi connectivity index (χ1v) is 11.8. The number of rotatable bonds is 8. The Balaban J connectivity index is 1.63. The first-order valence-electron chi connectivity index (χ1n) is 9.58. The quantitative estimate of drug-likeness (QED) is 0.400. The van der Waals surface area contributed by atoms with Crippen LogP contribution in [0.25, 0.3) is 0 Å². The molecule has 0 aromatic heterocycles. The number of hydrogen-bond acceptors (Lipinski definition) is 4. The number of benzene rings is 3. The Morgan fingerprint density at radius 2 is 1.68 bits per heavy atom. The first-order chi connectivity index (χ1) is 16.0. The maximum absolute atomic E-state index is 13.2. The highest BCUT2D eigenvalue weighted by Crippen LogP contribution is 2.36. The molecule has 0 spiro atoms. The summed E-state index contributed by atoms with van der Waals surface area (Å²) >= 11 is 11.7. The fraction of sp³-hybridized carbons (Fsp3) is 0.136. The normalized spacial score (nSPS) is 11.8. The molecule has 180 valence electrons. The monoisotopic (exact) mass is 532 g/mol. The minimum absolute atomic E-state index is 0.0222. The topological polar surface area (TPSA) is 84.5 Å². The lowest BCUT2D eigenvalue weighted by molar-refractivity contribution is -0.137. The van der Waals surface area contributed by atoms with Gasteiger partial charge in [0.05, 0.1) is 21.2 Å². The molecule has 6 nitrogen and oxygen atoms in total. The van der Waals surface area contributed by atoms with E-state index in [0.717, 1.165) is 17.7 Å². The van der Waals surface area contributed by atoms with Crippen molar-refractivity contribution in [1.82, 2.24) is 4.72 Å². The number of sulfonamides is 1. The molecule has 0 radical (unpaired) electrons. The number of anilines is 1. The van der Waals surface area contributed by atoms with Crippen molar-refractivity contribution in [2.45, 2.75) is 17.6 Å². The first kappa shape index (κ1) is 25.8. The van der Waals surface area contributed by atoms with E-state index in [1.165, 1.54) is 18.2 Å². The number of alkyl halides is 3. The van der Waals surface area contributed by atoms with Gasteiger partial charge in [-0.25, -0.2) is 13.1 Å². The largest absolute Gasteiger partial charge is 0.482 e. The molecule has 0 aliphatic heterocycles. The van der Waals surface area contributed by atoms with E-state index in [2.05, 4.69) is 10.0 Å². The molecule has 0 aliphatic rings. The van der Waals surface area contributed by atoms with Crippen molar-refractivity contribution >= 4 is 44.8 Å². The highest BCUT2D eigenvalue weighted by Gasteiger charge is 2.34. The summed E-state index contributed by atoms with van der Waals surface area (Å²) in [5.74, 6) is -0.906. The Bertz CT molecular complexity index is 1290. The molecule has 2 N–H and O–H groups in total. The van der Waals surface area contributed by atoms with Gasteiger partial charge in [-0.3, -0.25) is 4.79 Å². The minimum atomic E-state index is -4.73. The summed E-state index contributed by atoms with van der Waals surface area (Å²) in [7, 11) is -3.88. The molecule has 0 heterocycles. The van der Waals surface area contributed by atoms with Gasteiger partial charge in [0, 0.05) is 11.6 Å². The summed E-state index contributed by atoms with van der Waals surface area (Å²) < 4.78 is 72.2. The van der Waals surface area contributed by atoms with Crippen LogP contribution in [0.3, 0.4) is 0 Å². The van der Waals surface area contributed by atoms with Crippen molar-refractivity contribution < 1.29 is 31.1 Å². The van der Waals surface area contributed by atoms with E-state index in [-0.39, 0.29) is 27.2 Å². The van der Waals surface area contributed by atoms with Crippen molar-refractivity contribution in [3.63, 3.8) is 0 Å². The smallest absolute Gasteiger partial charge is 0.418 e. The average Bonchev–Trinajstić information content (AvgIpc) is 2.78. The van der Waals surface area contributed by atoms with Gasteiger partial charge in [-0.15, -0.1) is 0 Å². The van der Waals surface area contributed by atoms with Gasteiger partial charge in [0.25, 0.3) is 5.91 Å². The van der Waals surface area contributed by atoms with Crippen LogP contribution in [0.4, 0.5) is 18.9 Å². The number of amides is 1. The molecule has 3 aromatic carbocycles. The van der Waals surface area contributed by atoms with Gasteiger partial charge in [-0.1, -0.05) is 53.5 Å². The summed E-state index contributed by atoms with van der Waals surface area (Å²) in [6, 6.07) is 15.4. The Morgan fingerprint density at radius 1 is 0.971 bits per heavy atom. The third-order valence-corrected chi connectivity index (χ3v) is 6.37. The third kappa shape index (κ3) is 6.86. The number of ether oxygens (including phenoxy) is 1. The Kier molecular flexibility index (Phi) is 8.09. The van der Waals surface area contributed by atoms with Crippen molar-refractivity contribution in [2.75, 3.05) is 11.9 Å². The Labute approximate surface area is 203 Å². The molecule has 0 aliphatic carbocycles. The van der Waals surface area contributed by atoms with Gasteiger partial charge < -0.3 is 10.1 Å². The van der Waals surface area contributed by atoms with Gasteiger partial charge in [-0.05, 0) is 42.0 Å². The predicted molar refractivity (Wildman–Crippen MR) is 122 cm³/mol.